The number of nitriles is 1. The van der Waals surface area contributed by atoms with Crippen LogP contribution in [0.5, 0.6) is 5.75 Å². The van der Waals surface area contributed by atoms with Gasteiger partial charge in [0.25, 0.3) is 5.91 Å². The van der Waals surface area contributed by atoms with Gasteiger partial charge in [-0.1, -0.05) is 0 Å². The van der Waals surface area contributed by atoms with E-state index in [1.54, 1.807) is 24.3 Å². The van der Waals surface area contributed by atoms with E-state index in [2.05, 4.69) is 6.92 Å². The maximum atomic E-state index is 11.9. The molecule has 0 N–H and O–H groups in total. The highest BCUT2D eigenvalue weighted by molar-refractivity contribution is 5.78. The number of benzene rings is 1. The van der Waals surface area contributed by atoms with Crippen molar-refractivity contribution in [3.05, 3.63) is 29.8 Å². The highest BCUT2D eigenvalue weighted by Crippen LogP contribution is 2.17. The first-order valence-electron chi connectivity index (χ1n) is 6.13. The molecule has 0 aromatic heterocycles. The fraction of sp³-hybridized carbons (Fsp3) is 0.429. The number of carbonyl (C=O) groups is 1. The normalized spacial score (nSPS) is 18.4. The molecule has 1 aliphatic rings. The number of likely N-dealkylation sites (tertiary alicyclic amines) is 1. The summed E-state index contributed by atoms with van der Waals surface area (Å²) in [6, 6.07) is 9.13. The molecule has 4 heteroatoms. The van der Waals surface area contributed by atoms with Crippen molar-refractivity contribution in [2.75, 3.05) is 13.2 Å². The minimum atomic E-state index is 0.0318. The van der Waals surface area contributed by atoms with E-state index in [1.807, 2.05) is 11.0 Å². The SMILES string of the molecule is CC1CCCN1C(=O)COc1ccc(C#N)cc1. The summed E-state index contributed by atoms with van der Waals surface area (Å²) in [6.07, 6.45) is 2.15. The summed E-state index contributed by atoms with van der Waals surface area (Å²) in [5.41, 5.74) is 0.585. The van der Waals surface area contributed by atoms with Gasteiger partial charge in [0.15, 0.2) is 6.61 Å². The fourth-order valence-corrected chi connectivity index (χ4v) is 2.16. The molecule has 94 valence electrons. The summed E-state index contributed by atoms with van der Waals surface area (Å²) in [5.74, 6) is 0.651. The van der Waals surface area contributed by atoms with Crippen LogP contribution in [0.25, 0.3) is 0 Å². The molecule has 1 fully saturated rings. The number of nitrogens with zero attached hydrogens (tertiary/aromatic N) is 2. The lowest BCUT2D eigenvalue weighted by Crippen LogP contribution is -2.37. The predicted octanol–water partition coefficient (Wildman–Crippen LogP) is 1.95. The first-order valence-corrected chi connectivity index (χ1v) is 6.13. The third kappa shape index (κ3) is 2.80. The molecule has 1 atom stereocenters. The molecule has 1 aromatic carbocycles. The Balaban J connectivity index is 1.87. The smallest absolute Gasteiger partial charge is 0.260 e. The van der Waals surface area contributed by atoms with Crippen LogP contribution in [0.2, 0.25) is 0 Å². The quantitative estimate of drug-likeness (QED) is 0.816. The van der Waals surface area contributed by atoms with Crippen LogP contribution in [-0.2, 0) is 4.79 Å². The summed E-state index contributed by atoms with van der Waals surface area (Å²) in [6.45, 7) is 2.96. The van der Waals surface area contributed by atoms with Gasteiger partial charge in [0.05, 0.1) is 11.6 Å². The number of amides is 1. The highest BCUT2D eigenvalue weighted by Gasteiger charge is 2.24. The third-order valence-electron chi connectivity index (χ3n) is 3.22. The monoisotopic (exact) mass is 244 g/mol. The van der Waals surface area contributed by atoms with Crippen molar-refractivity contribution >= 4 is 5.91 Å². The number of carbonyl (C=O) groups excluding carboxylic acids is 1. The van der Waals surface area contributed by atoms with Gasteiger partial charge in [0.1, 0.15) is 5.75 Å². The molecule has 4 nitrogen and oxygen atoms in total. The van der Waals surface area contributed by atoms with Gasteiger partial charge in [0, 0.05) is 12.6 Å². The van der Waals surface area contributed by atoms with Crippen molar-refractivity contribution in [2.24, 2.45) is 0 Å². The van der Waals surface area contributed by atoms with Gasteiger partial charge in [-0.05, 0) is 44.0 Å². The molecule has 0 aliphatic carbocycles. The molecule has 0 saturated carbocycles. The topological polar surface area (TPSA) is 53.3 Å². The Morgan fingerprint density at radius 3 is 2.78 bits per heavy atom. The van der Waals surface area contributed by atoms with Gasteiger partial charge in [-0.15, -0.1) is 0 Å². The first kappa shape index (κ1) is 12.4. The Kier molecular flexibility index (Phi) is 3.83. The molecule has 0 radical (unpaired) electrons. The van der Waals surface area contributed by atoms with E-state index in [0.717, 1.165) is 19.4 Å². The standard InChI is InChI=1S/C14H16N2O2/c1-11-3-2-8-16(11)14(17)10-18-13-6-4-12(9-15)5-7-13/h4-7,11H,2-3,8,10H2,1H3. The lowest BCUT2D eigenvalue weighted by Gasteiger charge is -2.21. The van der Waals surface area contributed by atoms with E-state index in [0.29, 0.717) is 17.4 Å². The van der Waals surface area contributed by atoms with Crippen LogP contribution in [0, 0.1) is 11.3 Å². The highest BCUT2D eigenvalue weighted by atomic mass is 16.5. The van der Waals surface area contributed by atoms with E-state index in [9.17, 15) is 4.79 Å². The van der Waals surface area contributed by atoms with E-state index in [4.69, 9.17) is 10.00 Å². The zero-order chi connectivity index (χ0) is 13.0. The van der Waals surface area contributed by atoms with E-state index in [1.165, 1.54) is 0 Å². The molecular formula is C14H16N2O2. The molecule has 1 heterocycles. The number of ether oxygens (including phenoxy) is 1. The summed E-state index contributed by atoms with van der Waals surface area (Å²) in [7, 11) is 0. The van der Waals surface area contributed by atoms with Crippen molar-refractivity contribution in [3.63, 3.8) is 0 Å². The van der Waals surface area contributed by atoms with Crippen LogP contribution in [0.1, 0.15) is 25.3 Å². The van der Waals surface area contributed by atoms with Crippen molar-refractivity contribution in [1.29, 1.82) is 5.26 Å². The maximum absolute atomic E-state index is 11.9. The van der Waals surface area contributed by atoms with Gasteiger partial charge in [-0.2, -0.15) is 5.26 Å². The summed E-state index contributed by atoms with van der Waals surface area (Å²) in [5, 5.41) is 8.67. The van der Waals surface area contributed by atoms with Crippen LogP contribution >= 0.6 is 0 Å². The van der Waals surface area contributed by atoms with Gasteiger partial charge in [0.2, 0.25) is 0 Å². The van der Waals surface area contributed by atoms with Crippen molar-refractivity contribution < 1.29 is 9.53 Å². The fourth-order valence-electron chi connectivity index (χ4n) is 2.16. The van der Waals surface area contributed by atoms with E-state index >= 15 is 0 Å². The number of hydrogen-bond acceptors (Lipinski definition) is 3. The molecule has 0 spiro atoms. The zero-order valence-electron chi connectivity index (χ0n) is 10.4. The molecule has 18 heavy (non-hydrogen) atoms. The minimum absolute atomic E-state index is 0.0318. The van der Waals surface area contributed by atoms with Crippen molar-refractivity contribution in [3.8, 4) is 11.8 Å². The Hall–Kier alpha value is -2.02. The Labute approximate surface area is 107 Å². The van der Waals surface area contributed by atoms with Crippen molar-refractivity contribution in [2.45, 2.75) is 25.8 Å². The Morgan fingerprint density at radius 1 is 1.50 bits per heavy atom. The molecule has 1 aliphatic heterocycles. The molecular weight excluding hydrogens is 228 g/mol. The van der Waals surface area contributed by atoms with Crippen molar-refractivity contribution in [1.82, 2.24) is 4.90 Å². The molecule has 1 aromatic rings. The van der Waals surface area contributed by atoms with Crippen LogP contribution in [-0.4, -0.2) is 30.0 Å². The van der Waals surface area contributed by atoms with E-state index in [-0.39, 0.29) is 12.5 Å². The van der Waals surface area contributed by atoms with Crippen LogP contribution in [0.3, 0.4) is 0 Å². The van der Waals surface area contributed by atoms with Crippen LogP contribution in [0.4, 0.5) is 0 Å². The van der Waals surface area contributed by atoms with Crippen LogP contribution in [0.15, 0.2) is 24.3 Å². The molecule has 1 unspecified atom stereocenters. The second-order valence-electron chi connectivity index (χ2n) is 4.50. The van der Waals surface area contributed by atoms with E-state index < -0.39 is 0 Å². The van der Waals surface area contributed by atoms with Gasteiger partial charge in [-0.25, -0.2) is 0 Å². The second kappa shape index (κ2) is 5.54. The average Bonchev–Trinajstić information content (AvgIpc) is 2.83. The second-order valence-corrected chi connectivity index (χ2v) is 4.50. The minimum Gasteiger partial charge on any atom is -0.484 e. The molecule has 1 amide bonds. The molecule has 2 rings (SSSR count). The Morgan fingerprint density at radius 2 is 2.22 bits per heavy atom. The first-order chi connectivity index (χ1) is 8.70. The average molecular weight is 244 g/mol. The lowest BCUT2D eigenvalue weighted by atomic mass is 10.2. The lowest BCUT2D eigenvalue weighted by molar-refractivity contribution is -0.133. The number of rotatable bonds is 3. The van der Waals surface area contributed by atoms with Gasteiger partial charge in [-0.3, -0.25) is 4.79 Å². The summed E-state index contributed by atoms with van der Waals surface area (Å²) in [4.78, 5) is 13.8. The summed E-state index contributed by atoms with van der Waals surface area (Å²) >= 11 is 0. The summed E-state index contributed by atoms with van der Waals surface area (Å²) < 4.78 is 5.43. The molecule has 1 saturated heterocycles. The molecule has 0 bridgehead atoms. The Bertz CT molecular complexity index is 462. The largest absolute Gasteiger partial charge is 0.484 e. The predicted molar refractivity (Wildman–Crippen MR) is 67.1 cm³/mol. The number of hydrogen-bond donors (Lipinski definition) is 0. The van der Waals surface area contributed by atoms with Crippen LogP contribution < -0.4 is 4.74 Å². The zero-order valence-corrected chi connectivity index (χ0v) is 10.4. The van der Waals surface area contributed by atoms with Gasteiger partial charge < -0.3 is 9.64 Å². The third-order valence-corrected chi connectivity index (χ3v) is 3.22. The maximum Gasteiger partial charge on any atom is 0.260 e. The van der Waals surface area contributed by atoms with Gasteiger partial charge >= 0.3 is 0 Å².